The van der Waals surface area contributed by atoms with Gasteiger partial charge in [-0.15, -0.1) is 0 Å². The second kappa shape index (κ2) is 8.72. The highest BCUT2D eigenvalue weighted by Crippen LogP contribution is 2.34. The van der Waals surface area contributed by atoms with E-state index in [4.69, 9.17) is 27.9 Å². The molecule has 0 unspecified atom stereocenters. The zero-order chi connectivity index (χ0) is 18.4. The van der Waals surface area contributed by atoms with Crippen LogP contribution in [0.5, 0.6) is 5.75 Å². The number of rotatable bonds is 8. The van der Waals surface area contributed by atoms with Crippen LogP contribution in [0.25, 0.3) is 11.1 Å². The molecule has 1 N–H and O–H groups in total. The average Bonchev–Trinajstić information content (AvgIpc) is 2.61. The van der Waals surface area contributed by atoms with E-state index in [1.807, 2.05) is 36.4 Å². The van der Waals surface area contributed by atoms with E-state index in [9.17, 15) is 8.42 Å². The number of ether oxygens (including phenoxy) is 1. The highest BCUT2D eigenvalue weighted by atomic mass is 35.5. The number of sulfonamides is 1. The number of nitrogens with one attached hydrogen (secondary N) is 1. The van der Waals surface area contributed by atoms with Crippen LogP contribution in [0, 0.1) is 0 Å². The number of benzene rings is 2. The molecule has 2 aromatic rings. The summed E-state index contributed by atoms with van der Waals surface area (Å²) in [6, 6.07) is 11.3. The van der Waals surface area contributed by atoms with Crippen molar-refractivity contribution >= 4 is 33.2 Å². The maximum atomic E-state index is 11.3. The van der Waals surface area contributed by atoms with Gasteiger partial charge in [0.1, 0.15) is 12.4 Å². The monoisotopic (exact) mass is 399 g/mol. The molecule has 2 aromatic carbocycles. The van der Waals surface area contributed by atoms with Gasteiger partial charge in [-0.2, -0.15) is 0 Å². The van der Waals surface area contributed by atoms with Gasteiger partial charge in [-0.05, 0) is 47.4 Å². The predicted molar refractivity (Wildman–Crippen MR) is 104 cm³/mol. The molecule has 0 heterocycles. The maximum absolute atomic E-state index is 11.3. The molecule has 0 saturated heterocycles. The van der Waals surface area contributed by atoms with Gasteiger partial charge in [-0.25, -0.2) is 13.1 Å². The van der Waals surface area contributed by atoms with Crippen molar-refractivity contribution in [3.8, 4) is 16.9 Å². The molecule has 2 rings (SSSR count). The van der Waals surface area contributed by atoms with Crippen LogP contribution in [-0.2, 0) is 16.4 Å². The summed E-state index contributed by atoms with van der Waals surface area (Å²) in [5, 5.41) is 1.90. The minimum atomic E-state index is -3.44. The van der Waals surface area contributed by atoms with Crippen molar-refractivity contribution in [2.45, 2.75) is 13.3 Å². The lowest BCUT2D eigenvalue weighted by Crippen LogP contribution is -2.26. The van der Waals surface area contributed by atoms with E-state index in [-0.39, 0.29) is 13.2 Å². The Labute approximate surface area is 158 Å². The highest BCUT2D eigenvalue weighted by Gasteiger charge is 2.09. The summed E-state index contributed by atoms with van der Waals surface area (Å²) in [6.45, 7) is 5.65. The SMILES string of the molecule is C=CS(=O)(=O)NCCOc1cccc(-c2cc(Cl)c(Cl)cc2CC)c1. The average molecular weight is 400 g/mol. The van der Waals surface area contributed by atoms with Crippen LogP contribution in [0.15, 0.2) is 48.4 Å². The molecular formula is C18H19Cl2NO3S. The van der Waals surface area contributed by atoms with Crippen LogP contribution in [0.2, 0.25) is 10.0 Å². The lowest BCUT2D eigenvalue weighted by Gasteiger charge is -2.12. The Morgan fingerprint density at radius 1 is 1.20 bits per heavy atom. The fourth-order valence-electron chi connectivity index (χ4n) is 2.31. The standard InChI is InChI=1S/C18H19Cl2NO3S/c1-3-13-11-17(19)18(20)12-16(13)14-6-5-7-15(10-14)24-9-8-21-25(22,23)4-2/h4-7,10-12,21H,2-3,8-9H2,1H3. The lowest BCUT2D eigenvalue weighted by atomic mass is 9.98. The zero-order valence-electron chi connectivity index (χ0n) is 13.8. The zero-order valence-corrected chi connectivity index (χ0v) is 16.1. The molecule has 0 radical (unpaired) electrons. The van der Waals surface area contributed by atoms with Crippen molar-refractivity contribution in [3.63, 3.8) is 0 Å². The molecule has 25 heavy (non-hydrogen) atoms. The van der Waals surface area contributed by atoms with Crippen LogP contribution in [0.3, 0.4) is 0 Å². The second-order valence-electron chi connectivity index (χ2n) is 5.26. The first-order valence-electron chi connectivity index (χ1n) is 7.69. The molecule has 0 aliphatic rings. The Bertz CT molecular complexity index is 867. The molecule has 0 fully saturated rings. The van der Waals surface area contributed by atoms with Gasteiger partial charge in [0.25, 0.3) is 0 Å². The van der Waals surface area contributed by atoms with Gasteiger partial charge in [0.2, 0.25) is 10.0 Å². The van der Waals surface area contributed by atoms with Crippen LogP contribution in [-0.4, -0.2) is 21.6 Å². The first-order chi connectivity index (χ1) is 11.9. The molecule has 0 amide bonds. The van der Waals surface area contributed by atoms with E-state index in [1.165, 1.54) is 0 Å². The molecule has 0 saturated carbocycles. The highest BCUT2D eigenvalue weighted by molar-refractivity contribution is 7.92. The van der Waals surface area contributed by atoms with Crippen molar-refractivity contribution in [2.24, 2.45) is 0 Å². The summed E-state index contributed by atoms with van der Waals surface area (Å²) in [7, 11) is -3.44. The Balaban J connectivity index is 2.14. The van der Waals surface area contributed by atoms with Crippen molar-refractivity contribution in [2.75, 3.05) is 13.2 Å². The van der Waals surface area contributed by atoms with E-state index in [0.717, 1.165) is 28.5 Å². The van der Waals surface area contributed by atoms with Gasteiger partial charge >= 0.3 is 0 Å². The molecular weight excluding hydrogens is 381 g/mol. The minimum absolute atomic E-state index is 0.158. The molecule has 4 nitrogen and oxygen atoms in total. The molecule has 0 spiro atoms. The van der Waals surface area contributed by atoms with Crippen LogP contribution >= 0.6 is 23.2 Å². The number of halogens is 2. The van der Waals surface area contributed by atoms with Gasteiger partial charge in [0.05, 0.1) is 10.0 Å². The summed E-state index contributed by atoms with van der Waals surface area (Å²) >= 11 is 12.3. The minimum Gasteiger partial charge on any atom is -0.492 e. The fraction of sp³-hybridized carbons (Fsp3) is 0.222. The van der Waals surface area contributed by atoms with Gasteiger partial charge in [0, 0.05) is 12.0 Å². The Morgan fingerprint density at radius 2 is 1.92 bits per heavy atom. The first-order valence-corrected chi connectivity index (χ1v) is 9.99. The summed E-state index contributed by atoms with van der Waals surface area (Å²) in [5.74, 6) is 0.642. The topological polar surface area (TPSA) is 55.4 Å². The number of hydrogen-bond donors (Lipinski definition) is 1. The number of aryl methyl sites for hydroxylation is 1. The molecule has 134 valence electrons. The quantitative estimate of drug-likeness (QED) is 0.656. The summed E-state index contributed by atoms with van der Waals surface area (Å²) < 4.78 is 30.5. The van der Waals surface area contributed by atoms with Crippen molar-refractivity contribution in [1.82, 2.24) is 4.72 Å². The third kappa shape index (κ3) is 5.47. The number of hydrogen-bond acceptors (Lipinski definition) is 3. The van der Waals surface area contributed by atoms with Crippen LogP contribution in [0.1, 0.15) is 12.5 Å². The largest absolute Gasteiger partial charge is 0.492 e. The van der Waals surface area contributed by atoms with E-state index >= 15 is 0 Å². The van der Waals surface area contributed by atoms with Gasteiger partial charge in [0.15, 0.2) is 0 Å². The molecule has 0 aliphatic carbocycles. The van der Waals surface area contributed by atoms with E-state index < -0.39 is 10.0 Å². The third-order valence-electron chi connectivity index (χ3n) is 3.57. The maximum Gasteiger partial charge on any atom is 0.233 e. The van der Waals surface area contributed by atoms with Crippen molar-refractivity contribution in [3.05, 3.63) is 64.0 Å². The van der Waals surface area contributed by atoms with Crippen molar-refractivity contribution in [1.29, 1.82) is 0 Å². The summed E-state index contributed by atoms with van der Waals surface area (Å²) in [5.41, 5.74) is 3.04. The van der Waals surface area contributed by atoms with Gasteiger partial charge in [-0.1, -0.05) is 48.8 Å². The van der Waals surface area contributed by atoms with Gasteiger partial charge < -0.3 is 4.74 Å². The molecule has 0 aromatic heterocycles. The smallest absolute Gasteiger partial charge is 0.233 e. The Hall–Kier alpha value is -1.53. The Morgan fingerprint density at radius 3 is 2.60 bits per heavy atom. The third-order valence-corrected chi connectivity index (χ3v) is 5.33. The Kier molecular flexibility index (Phi) is 6.90. The molecule has 0 bridgehead atoms. The molecule has 0 atom stereocenters. The first kappa shape index (κ1) is 19.8. The van der Waals surface area contributed by atoms with Gasteiger partial charge in [-0.3, -0.25) is 0 Å². The van der Waals surface area contributed by atoms with E-state index in [2.05, 4.69) is 18.2 Å². The lowest BCUT2D eigenvalue weighted by molar-refractivity contribution is 0.323. The van der Waals surface area contributed by atoms with Crippen molar-refractivity contribution < 1.29 is 13.2 Å². The predicted octanol–water partition coefficient (Wildman–Crippen LogP) is 4.66. The van der Waals surface area contributed by atoms with E-state index in [1.54, 1.807) is 0 Å². The second-order valence-corrected chi connectivity index (χ2v) is 7.79. The summed E-state index contributed by atoms with van der Waals surface area (Å²) in [6.07, 6.45) is 0.820. The molecule has 0 aliphatic heterocycles. The molecule has 7 heteroatoms. The van der Waals surface area contributed by atoms with Crippen LogP contribution in [0.4, 0.5) is 0 Å². The van der Waals surface area contributed by atoms with E-state index in [0.29, 0.717) is 15.8 Å². The van der Waals surface area contributed by atoms with Crippen LogP contribution < -0.4 is 9.46 Å². The summed E-state index contributed by atoms with van der Waals surface area (Å²) in [4.78, 5) is 0. The fourth-order valence-corrected chi connectivity index (χ4v) is 3.15. The normalized spacial score (nSPS) is 11.3.